The van der Waals surface area contributed by atoms with E-state index in [0.29, 0.717) is 32.0 Å². The topological polar surface area (TPSA) is 81.2 Å². The second kappa shape index (κ2) is 9.75. The van der Waals surface area contributed by atoms with E-state index in [1.54, 1.807) is 16.1 Å². The molecule has 0 spiro atoms. The lowest BCUT2D eigenvalue weighted by molar-refractivity contribution is -0.139. The Morgan fingerprint density at radius 2 is 1.59 bits per heavy atom. The van der Waals surface area contributed by atoms with Gasteiger partial charge in [0.2, 0.25) is 21.8 Å². The molecule has 3 fully saturated rings. The van der Waals surface area contributed by atoms with Crippen LogP contribution < -0.4 is 0 Å². The second-order valence-electron chi connectivity index (χ2n) is 8.88. The van der Waals surface area contributed by atoms with E-state index in [2.05, 4.69) is 4.90 Å². The summed E-state index contributed by atoms with van der Waals surface area (Å²) in [6.07, 6.45) is 7.16. The Labute approximate surface area is 175 Å². The zero-order chi connectivity index (χ0) is 21.0. The van der Waals surface area contributed by atoms with E-state index in [4.69, 9.17) is 0 Å². The smallest absolute Gasteiger partial charge is 0.222 e. The highest BCUT2D eigenvalue weighted by atomic mass is 32.2. The molecule has 3 saturated heterocycles. The summed E-state index contributed by atoms with van der Waals surface area (Å²) in [5, 5.41) is 0. The van der Waals surface area contributed by atoms with Crippen LogP contribution in [0.2, 0.25) is 0 Å². The van der Waals surface area contributed by atoms with Crippen LogP contribution in [0.3, 0.4) is 0 Å². The summed E-state index contributed by atoms with van der Waals surface area (Å²) in [7, 11) is -3.29. The van der Waals surface area contributed by atoms with Crippen molar-refractivity contribution >= 4 is 21.8 Å². The first kappa shape index (κ1) is 22.5. The van der Waals surface area contributed by atoms with Crippen molar-refractivity contribution in [2.75, 3.05) is 58.6 Å². The molecule has 0 unspecified atom stereocenters. The van der Waals surface area contributed by atoms with E-state index in [1.807, 2.05) is 4.90 Å². The molecule has 3 aliphatic heterocycles. The van der Waals surface area contributed by atoms with Crippen LogP contribution in [0.1, 0.15) is 45.4 Å². The molecule has 3 aliphatic rings. The third-order valence-corrected chi connectivity index (χ3v) is 7.99. The first-order chi connectivity index (χ1) is 13.7. The fraction of sp³-hybridized carbons (Fsp3) is 0.900. The van der Waals surface area contributed by atoms with E-state index >= 15 is 0 Å². The van der Waals surface area contributed by atoms with Gasteiger partial charge in [0.25, 0.3) is 0 Å². The molecule has 0 aromatic carbocycles. The van der Waals surface area contributed by atoms with Gasteiger partial charge in [-0.15, -0.1) is 0 Å². The van der Waals surface area contributed by atoms with Crippen molar-refractivity contribution in [1.82, 2.24) is 19.0 Å². The highest BCUT2D eigenvalue weighted by Gasteiger charge is 2.39. The van der Waals surface area contributed by atoms with Gasteiger partial charge in [0, 0.05) is 52.6 Å². The lowest BCUT2D eigenvalue weighted by Gasteiger charge is -2.45. The van der Waals surface area contributed by atoms with Gasteiger partial charge in [-0.2, -0.15) is 4.31 Å². The van der Waals surface area contributed by atoms with E-state index in [-0.39, 0.29) is 17.9 Å². The summed E-state index contributed by atoms with van der Waals surface area (Å²) >= 11 is 0. The Kier molecular flexibility index (Phi) is 7.56. The molecule has 0 atom stereocenters. The Morgan fingerprint density at radius 3 is 2.14 bits per heavy atom. The van der Waals surface area contributed by atoms with E-state index in [0.717, 1.165) is 45.6 Å². The van der Waals surface area contributed by atoms with Crippen molar-refractivity contribution in [3.8, 4) is 0 Å². The van der Waals surface area contributed by atoms with Crippen LogP contribution in [0.15, 0.2) is 0 Å². The predicted molar refractivity (Wildman–Crippen MR) is 112 cm³/mol. The van der Waals surface area contributed by atoms with Crippen LogP contribution in [-0.4, -0.2) is 104 Å². The minimum Gasteiger partial charge on any atom is -0.343 e. The van der Waals surface area contributed by atoms with Gasteiger partial charge in [0.05, 0.1) is 12.3 Å². The summed E-state index contributed by atoms with van der Waals surface area (Å²) in [6, 6.07) is -0.0988. The van der Waals surface area contributed by atoms with Crippen molar-refractivity contribution < 1.29 is 18.0 Å². The van der Waals surface area contributed by atoms with Gasteiger partial charge in [0.15, 0.2) is 0 Å². The van der Waals surface area contributed by atoms with Gasteiger partial charge in [-0.3, -0.25) is 9.59 Å². The lowest BCUT2D eigenvalue weighted by atomic mass is 9.92. The molecule has 0 bridgehead atoms. The molecule has 2 amide bonds. The van der Waals surface area contributed by atoms with Crippen LogP contribution in [0, 0.1) is 5.92 Å². The van der Waals surface area contributed by atoms with E-state index < -0.39 is 10.0 Å². The normalized spacial score (nSPS) is 22.7. The van der Waals surface area contributed by atoms with Crippen molar-refractivity contribution in [3.05, 3.63) is 0 Å². The predicted octanol–water partition coefficient (Wildman–Crippen LogP) is 0.593. The number of carbonyl (C=O) groups is 2. The van der Waals surface area contributed by atoms with Gasteiger partial charge in [-0.25, -0.2) is 8.42 Å². The molecule has 0 aromatic rings. The summed E-state index contributed by atoms with van der Waals surface area (Å²) in [5.41, 5.74) is 0. The van der Waals surface area contributed by atoms with E-state index in [9.17, 15) is 18.0 Å². The Morgan fingerprint density at radius 1 is 0.966 bits per heavy atom. The number of sulfonamides is 1. The Hall–Kier alpha value is -1.19. The quantitative estimate of drug-likeness (QED) is 0.593. The Bertz CT molecular complexity index is 679. The number of rotatable bonds is 7. The maximum absolute atomic E-state index is 12.6. The van der Waals surface area contributed by atoms with Crippen molar-refractivity contribution in [1.29, 1.82) is 0 Å². The molecule has 8 nitrogen and oxygen atoms in total. The Balaban J connectivity index is 1.43. The van der Waals surface area contributed by atoms with Crippen LogP contribution in [0.5, 0.6) is 0 Å². The average molecular weight is 429 g/mol. The standard InChI is InChI=1S/C20H36N4O4S/c1-17(25)22-10-6-18(7-11-22)14-20(26)23-15-19(16-23)24(29(2,27)28)13-12-21-8-4-3-5-9-21/h18-19H,3-16H2,1-2H3. The van der Waals surface area contributed by atoms with Gasteiger partial charge in [-0.1, -0.05) is 6.42 Å². The van der Waals surface area contributed by atoms with E-state index in [1.165, 1.54) is 25.5 Å². The fourth-order valence-corrected chi connectivity index (χ4v) is 5.80. The van der Waals surface area contributed by atoms with Gasteiger partial charge in [0.1, 0.15) is 0 Å². The molecule has 0 saturated carbocycles. The summed E-state index contributed by atoms with van der Waals surface area (Å²) < 4.78 is 26.2. The molecule has 0 radical (unpaired) electrons. The summed E-state index contributed by atoms with van der Waals surface area (Å²) in [5.74, 6) is 0.542. The van der Waals surface area contributed by atoms with Crippen LogP contribution in [-0.2, 0) is 19.6 Å². The largest absolute Gasteiger partial charge is 0.343 e. The first-order valence-electron chi connectivity index (χ1n) is 11.0. The van der Waals surface area contributed by atoms with Crippen LogP contribution in [0.25, 0.3) is 0 Å². The third-order valence-electron chi connectivity index (χ3n) is 6.66. The lowest BCUT2D eigenvalue weighted by Crippen LogP contribution is -2.63. The highest BCUT2D eigenvalue weighted by molar-refractivity contribution is 7.88. The summed E-state index contributed by atoms with van der Waals surface area (Å²) in [6.45, 7) is 7.43. The molecule has 0 aromatic heterocycles. The van der Waals surface area contributed by atoms with Crippen molar-refractivity contribution in [2.24, 2.45) is 5.92 Å². The van der Waals surface area contributed by atoms with Gasteiger partial charge >= 0.3 is 0 Å². The molecule has 0 N–H and O–H groups in total. The third kappa shape index (κ3) is 6.15. The number of hydrogen-bond acceptors (Lipinski definition) is 5. The molecule has 3 rings (SSSR count). The summed E-state index contributed by atoms with van der Waals surface area (Å²) in [4.78, 5) is 30.0. The minimum atomic E-state index is -3.29. The van der Waals surface area contributed by atoms with Gasteiger partial charge in [-0.05, 0) is 44.7 Å². The molecule has 0 aliphatic carbocycles. The molecule has 29 heavy (non-hydrogen) atoms. The highest BCUT2D eigenvalue weighted by Crippen LogP contribution is 2.25. The molecular formula is C20H36N4O4S. The molecule has 3 heterocycles. The first-order valence-corrected chi connectivity index (χ1v) is 12.8. The molecule has 166 valence electrons. The number of hydrogen-bond donors (Lipinski definition) is 0. The maximum atomic E-state index is 12.6. The second-order valence-corrected chi connectivity index (χ2v) is 10.8. The SMILES string of the molecule is CC(=O)N1CCC(CC(=O)N2CC(N(CCN3CCCCC3)S(C)(=O)=O)C2)CC1. The van der Waals surface area contributed by atoms with Crippen molar-refractivity contribution in [2.45, 2.75) is 51.5 Å². The number of nitrogens with zero attached hydrogens (tertiary/aromatic N) is 4. The molecule has 9 heteroatoms. The molecular weight excluding hydrogens is 392 g/mol. The average Bonchev–Trinajstić information content (AvgIpc) is 2.63. The number of piperidine rings is 2. The number of likely N-dealkylation sites (tertiary alicyclic amines) is 3. The minimum absolute atomic E-state index is 0.0988. The number of carbonyl (C=O) groups excluding carboxylic acids is 2. The maximum Gasteiger partial charge on any atom is 0.222 e. The van der Waals surface area contributed by atoms with Gasteiger partial charge < -0.3 is 14.7 Å². The monoisotopic (exact) mass is 428 g/mol. The van der Waals surface area contributed by atoms with Crippen LogP contribution in [0.4, 0.5) is 0 Å². The van der Waals surface area contributed by atoms with Crippen LogP contribution >= 0.6 is 0 Å². The fourth-order valence-electron chi connectivity index (χ4n) is 4.71. The number of amides is 2. The van der Waals surface area contributed by atoms with Crippen molar-refractivity contribution in [3.63, 3.8) is 0 Å². The zero-order valence-electron chi connectivity index (χ0n) is 17.9. The zero-order valence-corrected chi connectivity index (χ0v) is 18.7.